The maximum atomic E-state index is 14.0. The van der Waals surface area contributed by atoms with Gasteiger partial charge < -0.3 is 51.6 Å². The molecule has 2 aromatic heterocycles. The van der Waals surface area contributed by atoms with Gasteiger partial charge in [-0.25, -0.2) is 0 Å². The molecule has 5 amide bonds. The SMILES string of the molecule is CCCOCCNC(=O)C1CCNCCCCNCCCNC(=O)c2ccc(n(OCc3ccccc3)c2=O)C(=O)NCCNC(=O)c2ccc(c(=O)n2OCc2ccccc2)C(=O)N1. The largest absolute Gasteiger partial charge is 0.405 e. The second-order valence-corrected chi connectivity index (χ2v) is 15.0. The molecule has 7 rings (SSSR count). The van der Waals surface area contributed by atoms with Gasteiger partial charge in [-0.3, -0.25) is 33.6 Å². The number of fused-ring (bicyclic) bond motifs is 2. The number of nitrogens with one attached hydrogen (secondary N) is 7. The topological polar surface area (TPSA) is 241 Å². The van der Waals surface area contributed by atoms with Crippen LogP contribution in [0.1, 0.15) is 91.8 Å². The second-order valence-electron chi connectivity index (χ2n) is 15.0. The Morgan fingerprint density at radius 2 is 1.09 bits per heavy atom. The van der Waals surface area contributed by atoms with Crippen molar-refractivity contribution in [1.82, 2.24) is 46.7 Å². The molecule has 3 aliphatic rings. The Hall–Kier alpha value is -6.83. The molecule has 0 aliphatic carbocycles. The number of pyridine rings is 2. The monoisotopic (exact) mass is 897 g/mol. The van der Waals surface area contributed by atoms with E-state index in [0.29, 0.717) is 56.9 Å². The molecule has 5 heterocycles. The zero-order valence-corrected chi connectivity index (χ0v) is 36.7. The molecule has 1 unspecified atom stereocenters. The Bertz CT molecular complexity index is 2300. The van der Waals surface area contributed by atoms with E-state index in [1.54, 1.807) is 48.5 Å². The highest BCUT2D eigenvalue weighted by Gasteiger charge is 2.26. The second kappa shape index (κ2) is 26.7. The minimum atomic E-state index is -1.01. The first-order chi connectivity index (χ1) is 31.7. The van der Waals surface area contributed by atoms with Gasteiger partial charge >= 0.3 is 0 Å². The molecule has 19 heteroatoms. The molecule has 4 bridgehead atoms. The summed E-state index contributed by atoms with van der Waals surface area (Å²) in [5.41, 5.74) is -1.39. The fourth-order valence-corrected chi connectivity index (χ4v) is 6.57. The van der Waals surface area contributed by atoms with E-state index in [9.17, 15) is 33.6 Å². The lowest BCUT2D eigenvalue weighted by atomic mass is 10.1. The van der Waals surface area contributed by atoms with E-state index in [1.807, 2.05) is 19.1 Å². The van der Waals surface area contributed by atoms with Crippen molar-refractivity contribution in [2.24, 2.45) is 0 Å². The van der Waals surface area contributed by atoms with Crippen molar-refractivity contribution in [2.75, 3.05) is 65.6 Å². The first kappa shape index (κ1) is 49.2. The van der Waals surface area contributed by atoms with Crippen LogP contribution in [0.5, 0.6) is 0 Å². The minimum absolute atomic E-state index is 0.0800. The van der Waals surface area contributed by atoms with Crippen LogP contribution in [0.15, 0.2) is 94.5 Å². The van der Waals surface area contributed by atoms with Gasteiger partial charge in [-0.1, -0.05) is 67.6 Å². The van der Waals surface area contributed by atoms with Crippen molar-refractivity contribution in [3.8, 4) is 0 Å². The van der Waals surface area contributed by atoms with Crippen LogP contribution < -0.4 is 58.0 Å². The molecular weight excluding hydrogens is 839 g/mol. The number of amides is 5. The number of carbonyl (C=O) groups excluding carboxylic acids is 5. The third kappa shape index (κ3) is 15.4. The number of hydrogen-bond acceptors (Lipinski definition) is 12. The molecule has 19 nitrogen and oxygen atoms in total. The summed E-state index contributed by atoms with van der Waals surface area (Å²) >= 11 is 0. The molecule has 0 saturated carbocycles. The van der Waals surface area contributed by atoms with Gasteiger partial charge in [0.2, 0.25) is 5.91 Å². The first-order valence-electron chi connectivity index (χ1n) is 22.0. The molecule has 0 fully saturated rings. The average molecular weight is 898 g/mol. The third-order valence-electron chi connectivity index (χ3n) is 10.0. The first-order valence-corrected chi connectivity index (χ1v) is 22.0. The molecule has 348 valence electrons. The minimum Gasteiger partial charge on any atom is -0.405 e. The number of hydrogen-bond donors (Lipinski definition) is 7. The summed E-state index contributed by atoms with van der Waals surface area (Å²) in [7, 11) is 0. The van der Waals surface area contributed by atoms with E-state index in [0.717, 1.165) is 35.3 Å². The molecule has 7 N–H and O–H groups in total. The van der Waals surface area contributed by atoms with E-state index in [4.69, 9.17) is 14.4 Å². The van der Waals surface area contributed by atoms with E-state index in [-0.39, 0.29) is 61.8 Å². The standard InChI is InChI=1S/C46H59N9O10/c1-2-29-63-30-28-52-42(58)37-20-25-48-22-10-9-21-47-23-11-24-49-40(56)35-16-18-38(54(45(35)61)64-31-33-12-5-3-6-13-33)43(59)50-26-27-51-44(60)39-19-17-36(41(57)53-37)46(62)55(39)65-32-34-14-7-4-8-15-34/h3-8,12-19,37,47-48H,2,9-11,20-32H2,1H3,(H,49,56)(H,50,59)(H,51,60)(H,52,58)(H,53,57). The van der Waals surface area contributed by atoms with Crippen LogP contribution in [0, 0.1) is 0 Å². The van der Waals surface area contributed by atoms with Crippen molar-refractivity contribution >= 4 is 29.5 Å². The van der Waals surface area contributed by atoms with Gasteiger partial charge in [0, 0.05) is 32.8 Å². The van der Waals surface area contributed by atoms with Gasteiger partial charge in [0.05, 0.1) is 6.61 Å². The lowest BCUT2D eigenvalue weighted by Gasteiger charge is -2.20. The van der Waals surface area contributed by atoms with Crippen LogP contribution in [0.25, 0.3) is 0 Å². The summed E-state index contributed by atoms with van der Waals surface area (Å²) in [6.45, 7) is 5.20. The van der Waals surface area contributed by atoms with Crippen LogP contribution >= 0.6 is 0 Å². The molecular formula is C46H59N9O10. The van der Waals surface area contributed by atoms with Crippen LogP contribution in [0.4, 0.5) is 0 Å². The van der Waals surface area contributed by atoms with E-state index in [1.165, 1.54) is 24.3 Å². The van der Waals surface area contributed by atoms with Crippen LogP contribution in [0.3, 0.4) is 0 Å². The Labute approximate surface area is 376 Å². The average Bonchev–Trinajstić information content (AvgIpc) is 3.31. The van der Waals surface area contributed by atoms with Gasteiger partial charge in [-0.2, -0.15) is 0 Å². The number of ether oxygens (including phenoxy) is 1. The summed E-state index contributed by atoms with van der Waals surface area (Å²) in [6.07, 6.45) is 3.29. The highest BCUT2D eigenvalue weighted by molar-refractivity contribution is 5.99. The van der Waals surface area contributed by atoms with Crippen LogP contribution in [-0.4, -0.2) is 111 Å². The molecule has 0 spiro atoms. The number of carbonyl (C=O) groups is 5. The fraction of sp³-hybridized carbons (Fsp3) is 0.413. The normalized spacial score (nSPS) is 16.4. The predicted molar refractivity (Wildman–Crippen MR) is 241 cm³/mol. The van der Waals surface area contributed by atoms with Crippen LogP contribution in [0.2, 0.25) is 0 Å². The van der Waals surface area contributed by atoms with Crippen molar-refractivity contribution in [1.29, 1.82) is 0 Å². The highest BCUT2D eigenvalue weighted by Crippen LogP contribution is 2.07. The number of rotatable bonds is 12. The summed E-state index contributed by atoms with van der Waals surface area (Å²) < 4.78 is 6.99. The Morgan fingerprint density at radius 1 is 0.585 bits per heavy atom. The van der Waals surface area contributed by atoms with Gasteiger partial charge in [-0.15, -0.1) is 9.46 Å². The molecule has 4 aromatic rings. The number of nitrogens with zero attached hydrogens (tertiary/aromatic N) is 2. The lowest BCUT2D eigenvalue weighted by Crippen LogP contribution is -2.50. The van der Waals surface area contributed by atoms with Gasteiger partial charge in [0.1, 0.15) is 41.8 Å². The fourth-order valence-electron chi connectivity index (χ4n) is 6.57. The molecule has 3 aliphatic heterocycles. The number of benzene rings is 2. The van der Waals surface area contributed by atoms with Crippen molar-refractivity contribution in [3.63, 3.8) is 0 Å². The van der Waals surface area contributed by atoms with E-state index in [2.05, 4.69) is 37.2 Å². The lowest BCUT2D eigenvalue weighted by molar-refractivity contribution is -0.123. The van der Waals surface area contributed by atoms with Gasteiger partial charge in [-0.05, 0) is 93.7 Å². The van der Waals surface area contributed by atoms with Crippen molar-refractivity contribution < 1.29 is 38.4 Å². The van der Waals surface area contributed by atoms with Crippen molar-refractivity contribution in [2.45, 2.75) is 58.3 Å². The Kier molecular flexibility index (Phi) is 20.2. The zero-order chi connectivity index (χ0) is 46.2. The van der Waals surface area contributed by atoms with Gasteiger partial charge in [0.25, 0.3) is 34.7 Å². The predicted octanol–water partition coefficient (Wildman–Crippen LogP) is 0.552. The summed E-state index contributed by atoms with van der Waals surface area (Å²) in [4.78, 5) is 107. The Morgan fingerprint density at radius 3 is 1.65 bits per heavy atom. The summed E-state index contributed by atoms with van der Waals surface area (Å²) in [5.74, 6) is -3.40. The van der Waals surface area contributed by atoms with Crippen molar-refractivity contribution in [3.05, 3.63) is 139 Å². The molecule has 65 heavy (non-hydrogen) atoms. The smallest absolute Gasteiger partial charge is 0.296 e. The Balaban J connectivity index is 1.37. The third-order valence-corrected chi connectivity index (χ3v) is 10.0. The molecule has 2 aromatic carbocycles. The van der Waals surface area contributed by atoms with E-state index >= 15 is 0 Å². The maximum Gasteiger partial charge on any atom is 0.296 e. The molecule has 0 saturated heterocycles. The van der Waals surface area contributed by atoms with E-state index < -0.39 is 46.7 Å². The quantitative estimate of drug-likeness (QED) is 0.0966. The molecule has 1 atom stereocenters. The number of aromatic nitrogens is 2. The summed E-state index contributed by atoms with van der Waals surface area (Å²) in [6, 6.07) is 21.9. The molecule has 0 radical (unpaired) electrons. The van der Waals surface area contributed by atoms with Gasteiger partial charge in [0.15, 0.2) is 0 Å². The zero-order valence-electron chi connectivity index (χ0n) is 36.7. The maximum absolute atomic E-state index is 14.0. The highest BCUT2D eigenvalue weighted by atomic mass is 16.7. The summed E-state index contributed by atoms with van der Waals surface area (Å²) in [5, 5.41) is 20.2. The van der Waals surface area contributed by atoms with Crippen LogP contribution in [-0.2, 0) is 22.7 Å².